The first kappa shape index (κ1) is 13.6. The first-order valence-electron chi connectivity index (χ1n) is 6.59. The fourth-order valence-corrected chi connectivity index (χ4v) is 3.03. The van der Waals surface area contributed by atoms with Crippen LogP contribution in [0.1, 0.15) is 17.0 Å². The maximum atomic E-state index is 12.5. The van der Waals surface area contributed by atoms with E-state index in [2.05, 4.69) is 45.4 Å². The quantitative estimate of drug-likeness (QED) is 0.789. The van der Waals surface area contributed by atoms with Crippen molar-refractivity contribution in [1.29, 1.82) is 0 Å². The van der Waals surface area contributed by atoms with Crippen molar-refractivity contribution in [3.63, 3.8) is 0 Å². The molecule has 3 nitrogen and oxygen atoms in total. The van der Waals surface area contributed by atoms with Gasteiger partial charge in [-0.15, -0.1) is 0 Å². The Labute approximate surface area is 131 Å². The molecule has 1 amide bonds. The monoisotopic (exact) mass is 378 g/mol. The maximum absolute atomic E-state index is 12.5. The molecule has 0 saturated carbocycles. The number of benzene rings is 2. The Morgan fingerprint density at radius 3 is 2.75 bits per heavy atom. The van der Waals surface area contributed by atoms with Crippen LogP contribution in [-0.2, 0) is 11.3 Å². The Balaban J connectivity index is 1.84. The number of amides is 1. The second-order valence-electron chi connectivity index (χ2n) is 4.85. The number of anilines is 1. The SMILES string of the molecule is O=C(Nc1ccccc1I)C1CNCc2ccccc21. The van der Waals surface area contributed by atoms with Gasteiger partial charge in [-0.3, -0.25) is 4.79 Å². The lowest BCUT2D eigenvalue weighted by Crippen LogP contribution is -2.35. The van der Waals surface area contributed by atoms with E-state index in [1.54, 1.807) is 0 Å². The van der Waals surface area contributed by atoms with Gasteiger partial charge < -0.3 is 10.6 Å². The van der Waals surface area contributed by atoms with Crippen molar-refractivity contribution in [2.24, 2.45) is 0 Å². The summed E-state index contributed by atoms with van der Waals surface area (Å²) in [7, 11) is 0. The van der Waals surface area contributed by atoms with E-state index in [9.17, 15) is 4.79 Å². The summed E-state index contributed by atoms with van der Waals surface area (Å²) in [6.45, 7) is 1.52. The normalized spacial score (nSPS) is 17.4. The zero-order valence-corrected chi connectivity index (χ0v) is 13.1. The third-order valence-electron chi connectivity index (χ3n) is 3.54. The molecule has 3 rings (SSSR count). The smallest absolute Gasteiger partial charge is 0.233 e. The molecule has 1 aliphatic heterocycles. The van der Waals surface area contributed by atoms with Crippen molar-refractivity contribution < 1.29 is 4.79 Å². The van der Waals surface area contributed by atoms with Crippen LogP contribution in [0.15, 0.2) is 48.5 Å². The van der Waals surface area contributed by atoms with Gasteiger partial charge in [-0.05, 0) is 45.9 Å². The lowest BCUT2D eigenvalue weighted by atomic mass is 9.90. The number of carbonyl (C=O) groups is 1. The van der Waals surface area contributed by atoms with E-state index in [0.717, 1.165) is 21.4 Å². The van der Waals surface area contributed by atoms with Crippen molar-refractivity contribution in [3.8, 4) is 0 Å². The fourth-order valence-electron chi connectivity index (χ4n) is 2.51. The lowest BCUT2D eigenvalue weighted by Gasteiger charge is -2.25. The van der Waals surface area contributed by atoms with Crippen LogP contribution in [0.5, 0.6) is 0 Å². The Kier molecular flexibility index (Phi) is 4.03. The Hall–Kier alpha value is -1.40. The zero-order valence-electron chi connectivity index (χ0n) is 10.9. The molecular formula is C16H15IN2O. The van der Waals surface area contributed by atoms with Crippen LogP contribution >= 0.6 is 22.6 Å². The van der Waals surface area contributed by atoms with E-state index in [4.69, 9.17) is 0 Å². The number of nitrogens with one attached hydrogen (secondary N) is 2. The number of hydrogen-bond donors (Lipinski definition) is 2. The third kappa shape index (κ3) is 2.71. The predicted molar refractivity (Wildman–Crippen MR) is 88.7 cm³/mol. The average Bonchev–Trinajstić information content (AvgIpc) is 2.49. The van der Waals surface area contributed by atoms with Gasteiger partial charge in [0.25, 0.3) is 0 Å². The summed E-state index contributed by atoms with van der Waals surface area (Å²) in [5.74, 6) is -0.0790. The highest BCUT2D eigenvalue weighted by Crippen LogP contribution is 2.26. The molecule has 1 unspecified atom stereocenters. The molecule has 1 atom stereocenters. The predicted octanol–water partition coefficient (Wildman–Crippen LogP) is 3.12. The molecule has 1 aliphatic rings. The van der Waals surface area contributed by atoms with Crippen molar-refractivity contribution in [2.75, 3.05) is 11.9 Å². The zero-order chi connectivity index (χ0) is 13.9. The molecule has 0 saturated heterocycles. The lowest BCUT2D eigenvalue weighted by molar-refractivity contribution is -0.117. The molecule has 0 aliphatic carbocycles. The summed E-state index contributed by atoms with van der Waals surface area (Å²) in [4.78, 5) is 12.5. The maximum Gasteiger partial charge on any atom is 0.233 e. The fraction of sp³-hybridized carbons (Fsp3) is 0.188. The summed E-state index contributed by atoms with van der Waals surface area (Å²) in [5.41, 5.74) is 3.22. The summed E-state index contributed by atoms with van der Waals surface area (Å²) in [6.07, 6.45) is 0. The van der Waals surface area contributed by atoms with Crippen LogP contribution in [0, 0.1) is 3.57 Å². The highest BCUT2D eigenvalue weighted by Gasteiger charge is 2.26. The molecule has 0 fully saturated rings. The minimum atomic E-state index is -0.129. The van der Waals surface area contributed by atoms with Gasteiger partial charge >= 0.3 is 0 Å². The average molecular weight is 378 g/mol. The molecule has 1 heterocycles. The van der Waals surface area contributed by atoms with Crippen molar-refractivity contribution in [2.45, 2.75) is 12.5 Å². The van der Waals surface area contributed by atoms with Crippen LogP contribution in [0.2, 0.25) is 0 Å². The van der Waals surface area contributed by atoms with Gasteiger partial charge in [-0.25, -0.2) is 0 Å². The van der Waals surface area contributed by atoms with E-state index in [0.29, 0.717) is 6.54 Å². The molecule has 0 radical (unpaired) electrons. The highest BCUT2D eigenvalue weighted by molar-refractivity contribution is 14.1. The molecule has 4 heteroatoms. The largest absolute Gasteiger partial charge is 0.325 e. The second kappa shape index (κ2) is 5.93. The molecule has 20 heavy (non-hydrogen) atoms. The van der Waals surface area contributed by atoms with E-state index < -0.39 is 0 Å². The highest BCUT2D eigenvalue weighted by atomic mass is 127. The van der Waals surface area contributed by atoms with Crippen molar-refractivity contribution in [1.82, 2.24) is 5.32 Å². The standard InChI is InChI=1S/C16H15IN2O/c17-14-7-3-4-8-15(14)19-16(20)13-10-18-9-11-5-1-2-6-12(11)13/h1-8,13,18H,9-10H2,(H,19,20). The number of carbonyl (C=O) groups excluding carboxylic acids is 1. The minimum absolute atomic E-state index is 0.0498. The van der Waals surface area contributed by atoms with E-state index in [-0.39, 0.29) is 11.8 Å². The van der Waals surface area contributed by atoms with Crippen LogP contribution < -0.4 is 10.6 Å². The Morgan fingerprint density at radius 1 is 1.15 bits per heavy atom. The van der Waals surface area contributed by atoms with Crippen molar-refractivity contribution >= 4 is 34.2 Å². The van der Waals surface area contributed by atoms with Gasteiger partial charge in [0.1, 0.15) is 0 Å². The summed E-state index contributed by atoms with van der Waals surface area (Å²) in [5, 5.41) is 6.34. The molecule has 102 valence electrons. The second-order valence-corrected chi connectivity index (χ2v) is 6.01. The van der Waals surface area contributed by atoms with Crippen molar-refractivity contribution in [3.05, 3.63) is 63.2 Å². The van der Waals surface area contributed by atoms with Crippen LogP contribution in [0.4, 0.5) is 5.69 Å². The molecule has 2 aromatic rings. The van der Waals surface area contributed by atoms with Crippen LogP contribution in [0.3, 0.4) is 0 Å². The molecule has 2 N–H and O–H groups in total. The number of hydrogen-bond acceptors (Lipinski definition) is 2. The third-order valence-corrected chi connectivity index (χ3v) is 4.48. The van der Waals surface area contributed by atoms with Gasteiger partial charge in [-0.1, -0.05) is 36.4 Å². The topological polar surface area (TPSA) is 41.1 Å². The molecule has 0 bridgehead atoms. The van der Waals surface area contributed by atoms with E-state index in [1.165, 1.54) is 5.56 Å². The van der Waals surface area contributed by atoms with Crippen LogP contribution in [-0.4, -0.2) is 12.5 Å². The molecule has 0 aromatic heterocycles. The van der Waals surface area contributed by atoms with Crippen LogP contribution in [0.25, 0.3) is 0 Å². The Morgan fingerprint density at radius 2 is 1.90 bits per heavy atom. The number of fused-ring (bicyclic) bond motifs is 1. The number of halogens is 1. The van der Waals surface area contributed by atoms with E-state index >= 15 is 0 Å². The molecule has 2 aromatic carbocycles. The molecule has 0 spiro atoms. The van der Waals surface area contributed by atoms with Gasteiger partial charge in [0.15, 0.2) is 0 Å². The van der Waals surface area contributed by atoms with Gasteiger partial charge in [0.2, 0.25) is 5.91 Å². The van der Waals surface area contributed by atoms with E-state index in [1.807, 2.05) is 36.4 Å². The summed E-state index contributed by atoms with van der Waals surface area (Å²) in [6, 6.07) is 16.0. The Bertz CT molecular complexity index is 642. The van der Waals surface area contributed by atoms with Gasteiger partial charge in [-0.2, -0.15) is 0 Å². The van der Waals surface area contributed by atoms with Gasteiger partial charge in [0.05, 0.1) is 11.6 Å². The number of para-hydroxylation sites is 1. The van der Waals surface area contributed by atoms with Gasteiger partial charge in [0, 0.05) is 16.7 Å². The minimum Gasteiger partial charge on any atom is -0.325 e. The summed E-state index contributed by atoms with van der Waals surface area (Å²) < 4.78 is 1.05. The first-order valence-corrected chi connectivity index (χ1v) is 7.67. The molecular weight excluding hydrogens is 363 g/mol. The first-order chi connectivity index (χ1) is 9.75. The number of rotatable bonds is 2. The summed E-state index contributed by atoms with van der Waals surface area (Å²) >= 11 is 2.23.